The number of thiazole rings is 1. The Morgan fingerprint density at radius 3 is 2.76 bits per heavy atom. The van der Waals surface area contributed by atoms with Crippen LogP contribution in [0.1, 0.15) is 22.8 Å². The van der Waals surface area contributed by atoms with E-state index in [-0.39, 0.29) is 17.9 Å². The van der Waals surface area contributed by atoms with E-state index in [2.05, 4.69) is 23.3 Å². The number of halogens is 1. The summed E-state index contributed by atoms with van der Waals surface area (Å²) in [5.41, 5.74) is 4.31. The molecule has 0 bridgehead atoms. The maximum atomic E-state index is 13.0. The van der Waals surface area contributed by atoms with Crippen LogP contribution >= 0.6 is 34.7 Å². The number of amides is 2. The van der Waals surface area contributed by atoms with Crippen molar-refractivity contribution in [3.8, 4) is 0 Å². The molecular weight excluding hydrogens is 474 g/mol. The van der Waals surface area contributed by atoms with Crippen molar-refractivity contribution in [3.63, 3.8) is 0 Å². The van der Waals surface area contributed by atoms with Crippen LogP contribution in [0.2, 0.25) is 5.02 Å². The van der Waals surface area contributed by atoms with E-state index in [9.17, 15) is 9.59 Å². The van der Waals surface area contributed by atoms with E-state index < -0.39 is 0 Å². The lowest BCUT2D eigenvalue weighted by atomic mass is 10.1. The van der Waals surface area contributed by atoms with E-state index in [1.165, 1.54) is 28.7 Å². The molecule has 0 fully saturated rings. The van der Waals surface area contributed by atoms with Crippen LogP contribution in [0.5, 0.6) is 0 Å². The molecule has 1 aliphatic rings. The third-order valence-corrected chi connectivity index (χ3v) is 7.93. The van der Waals surface area contributed by atoms with Crippen LogP contribution in [-0.2, 0) is 11.2 Å². The van der Waals surface area contributed by atoms with E-state index in [0.717, 1.165) is 26.7 Å². The lowest BCUT2D eigenvalue weighted by molar-refractivity contribution is -0.116. The summed E-state index contributed by atoms with van der Waals surface area (Å²) in [4.78, 5) is 32.0. The standard InChI is InChI=1S/C25H20ClN3O2S2/c1-15-12-17-4-2-3-5-21(17)29(15)23(30)14-32-25-28-20-11-10-19(13-22(20)33-25)27-24(31)16-6-8-18(26)9-7-16/h2-11,13,15H,12,14H2,1H3,(H,27,31). The normalized spacial score (nSPS) is 15.0. The number of nitrogens with one attached hydrogen (secondary N) is 1. The molecule has 1 unspecified atom stereocenters. The number of hydrogen-bond donors (Lipinski definition) is 1. The molecule has 0 saturated carbocycles. The quantitative estimate of drug-likeness (QED) is 0.333. The summed E-state index contributed by atoms with van der Waals surface area (Å²) >= 11 is 8.86. The number of hydrogen-bond acceptors (Lipinski definition) is 5. The largest absolute Gasteiger partial charge is 0.322 e. The average Bonchev–Trinajstić information content (AvgIpc) is 3.37. The molecule has 2 heterocycles. The van der Waals surface area contributed by atoms with Gasteiger partial charge in [0.2, 0.25) is 5.91 Å². The van der Waals surface area contributed by atoms with Crippen LogP contribution in [-0.4, -0.2) is 28.6 Å². The Hall–Kier alpha value is -2.87. The molecule has 2 amide bonds. The SMILES string of the molecule is CC1Cc2ccccc2N1C(=O)CSc1nc2ccc(NC(=O)c3ccc(Cl)cc3)cc2s1. The summed E-state index contributed by atoms with van der Waals surface area (Å²) in [6, 6.07) is 20.6. The van der Waals surface area contributed by atoms with E-state index in [4.69, 9.17) is 11.6 Å². The van der Waals surface area contributed by atoms with Crippen LogP contribution < -0.4 is 10.2 Å². The van der Waals surface area contributed by atoms with Gasteiger partial charge in [0.15, 0.2) is 4.34 Å². The Balaban J connectivity index is 1.26. The van der Waals surface area contributed by atoms with E-state index in [1.54, 1.807) is 24.3 Å². The van der Waals surface area contributed by atoms with Crippen LogP contribution in [0, 0.1) is 0 Å². The highest BCUT2D eigenvalue weighted by Crippen LogP contribution is 2.35. The molecule has 4 aromatic rings. The van der Waals surface area contributed by atoms with Gasteiger partial charge < -0.3 is 10.2 Å². The Morgan fingerprint density at radius 1 is 1.15 bits per heavy atom. The lowest BCUT2D eigenvalue weighted by Gasteiger charge is -2.22. The maximum absolute atomic E-state index is 13.0. The molecule has 33 heavy (non-hydrogen) atoms. The van der Waals surface area contributed by atoms with E-state index in [1.807, 2.05) is 41.3 Å². The molecule has 0 radical (unpaired) electrons. The van der Waals surface area contributed by atoms with Crippen LogP contribution in [0.25, 0.3) is 10.2 Å². The minimum Gasteiger partial charge on any atom is -0.322 e. The molecule has 5 nitrogen and oxygen atoms in total. The van der Waals surface area contributed by atoms with Gasteiger partial charge in [-0.15, -0.1) is 11.3 Å². The number of carbonyl (C=O) groups is 2. The molecule has 166 valence electrons. The topological polar surface area (TPSA) is 62.3 Å². The molecule has 1 aromatic heterocycles. The van der Waals surface area contributed by atoms with E-state index in [0.29, 0.717) is 22.0 Å². The fraction of sp³-hybridized carbons (Fsp3) is 0.160. The Kier molecular flexibility index (Phi) is 6.10. The summed E-state index contributed by atoms with van der Waals surface area (Å²) in [5, 5.41) is 3.50. The van der Waals surface area contributed by atoms with Gasteiger partial charge in [-0.1, -0.05) is 41.6 Å². The predicted molar refractivity (Wildman–Crippen MR) is 137 cm³/mol. The van der Waals surface area contributed by atoms with Gasteiger partial charge in [-0.2, -0.15) is 0 Å². The van der Waals surface area contributed by atoms with Crippen molar-refractivity contribution < 1.29 is 9.59 Å². The third kappa shape index (κ3) is 4.62. The van der Waals surface area contributed by atoms with Crippen molar-refractivity contribution in [1.29, 1.82) is 0 Å². The molecule has 1 aliphatic heterocycles. The molecule has 1 N–H and O–H groups in total. The van der Waals surface area contributed by atoms with Gasteiger partial charge in [0, 0.05) is 28.0 Å². The number of aromatic nitrogens is 1. The summed E-state index contributed by atoms with van der Waals surface area (Å²) in [6.07, 6.45) is 0.887. The van der Waals surface area contributed by atoms with Gasteiger partial charge in [-0.05, 0) is 67.4 Å². The highest BCUT2D eigenvalue weighted by Gasteiger charge is 2.30. The van der Waals surface area contributed by atoms with Gasteiger partial charge >= 0.3 is 0 Å². The van der Waals surface area contributed by atoms with Gasteiger partial charge in [-0.25, -0.2) is 4.98 Å². The molecular formula is C25H20ClN3O2S2. The van der Waals surface area contributed by atoms with Gasteiger partial charge in [-0.3, -0.25) is 9.59 Å². The first-order valence-electron chi connectivity index (χ1n) is 10.5. The number of thioether (sulfide) groups is 1. The van der Waals surface area contributed by atoms with Crippen molar-refractivity contribution in [3.05, 3.63) is 82.9 Å². The smallest absolute Gasteiger partial charge is 0.255 e. The Labute approximate surface area is 204 Å². The maximum Gasteiger partial charge on any atom is 0.255 e. The summed E-state index contributed by atoms with van der Waals surface area (Å²) < 4.78 is 1.79. The number of anilines is 2. The number of fused-ring (bicyclic) bond motifs is 2. The predicted octanol–water partition coefficient (Wildman–Crippen LogP) is 6.27. The molecule has 3 aromatic carbocycles. The highest BCUT2D eigenvalue weighted by molar-refractivity contribution is 8.01. The Morgan fingerprint density at radius 2 is 1.94 bits per heavy atom. The second-order valence-corrected chi connectivity index (χ2v) is 10.5. The molecule has 0 saturated heterocycles. The monoisotopic (exact) mass is 493 g/mol. The first-order chi connectivity index (χ1) is 16.0. The van der Waals surface area contributed by atoms with Crippen LogP contribution in [0.4, 0.5) is 11.4 Å². The Bertz CT molecular complexity index is 1350. The van der Waals surface area contributed by atoms with Crippen molar-refractivity contribution in [2.45, 2.75) is 23.7 Å². The van der Waals surface area contributed by atoms with Crippen LogP contribution in [0.3, 0.4) is 0 Å². The lowest BCUT2D eigenvalue weighted by Crippen LogP contribution is -2.36. The zero-order valence-corrected chi connectivity index (χ0v) is 20.1. The number of para-hydroxylation sites is 1. The molecule has 0 aliphatic carbocycles. The minimum atomic E-state index is -0.198. The second kappa shape index (κ2) is 9.17. The number of carbonyl (C=O) groups excluding carboxylic acids is 2. The number of benzene rings is 3. The molecule has 1 atom stereocenters. The second-order valence-electron chi connectivity index (χ2n) is 7.86. The van der Waals surface area contributed by atoms with Gasteiger partial charge in [0.1, 0.15) is 0 Å². The van der Waals surface area contributed by atoms with Gasteiger partial charge in [0.25, 0.3) is 5.91 Å². The minimum absolute atomic E-state index is 0.0904. The molecule has 5 rings (SSSR count). The van der Waals surface area contributed by atoms with Crippen molar-refractivity contribution in [1.82, 2.24) is 4.98 Å². The van der Waals surface area contributed by atoms with Crippen molar-refractivity contribution >= 4 is 68.1 Å². The summed E-state index contributed by atoms with van der Waals surface area (Å²) in [7, 11) is 0. The molecule has 0 spiro atoms. The first-order valence-corrected chi connectivity index (χ1v) is 12.7. The number of nitrogens with zero attached hydrogens (tertiary/aromatic N) is 2. The zero-order valence-electron chi connectivity index (χ0n) is 17.7. The zero-order chi connectivity index (χ0) is 22.9. The fourth-order valence-electron chi connectivity index (χ4n) is 3.99. The van der Waals surface area contributed by atoms with Crippen molar-refractivity contribution in [2.24, 2.45) is 0 Å². The highest BCUT2D eigenvalue weighted by atomic mass is 35.5. The third-order valence-electron chi connectivity index (χ3n) is 5.53. The van der Waals surface area contributed by atoms with Crippen LogP contribution in [0.15, 0.2) is 71.1 Å². The molecule has 8 heteroatoms. The first kappa shape index (κ1) is 21.9. The summed E-state index contributed by atoms with van der Waals surface area (Å²) in [5.74, 6) is 0.224. The van der Waals surface area contributed by atoms with Crippen molar-refractivity contribution in [2.75, 3.05) is 16.0 Å². The van der Waals surface area contributed by atoms with E-state index >= 15 is 0 Å². The fourth-order valence-corrected chi connectivity index (χ4v) is 6.08. The number of rotatable bonds is 5. The van der Waals surface area contributed by atoms with Gasteiger partial charge in [0.05, 0.1) is 16.0 Å². The summed E-state index contributed by atoms with van der Waals surface area (Å²) in [6.45, 7) is 2.08. The average molecular weight is 494 g/mol.